The van der Waals surface area contributed by atoms with Gasteiger partial charge in [-0.1, -0.05) is 61.0 Å². The normalized spacial score (nSPS) is 21.2. The molecule has 0 aromatic heterocycles. The van der Waals surface area contributed by atoms with Crippen LogP contribution in [0.25, 0.3) is 0 Å². The van der Waals surface area contributed by atoms with Crippen LogP contribution in [0.15, 0.2) is 72.8 Å². The molecule has 1 spiro atoms. The molecule has 3 aromatic carbocycles. The molecule has 3 aromatic rings. The summed E-state index contributed by atoms with van der Waals surface area (Å²) in [5.74, 6) is -1.98. The molecule has 1 fully saturated rings. The SMILES string of the molecule is CCc1cccc(N2C(=O)CS(=O)(=O)[C@]23C(=O)N(Cc2ccc(Cl)cc2)c2ccccc23)c1. The number of carbonyl (C=O) groups is 2. The van der Waals surface area contributed by atoms with Crippen LogP contribution in [0.5, 0.6) is 0 Å². The maximum atomic E-state index is 14.1. The Labute approximate surface area is 197 Å². The molecule has 0 radical (unpaired) electrons. The second kappa shape index (κ2) is 7.71. The largest absolute Gasteiger partial charge is 0.304 e. The average molecular weight is 481 g/mol. The molecule has 0 saturated carbocycles. The Hall–Kier alpha value is -3.16. The summed E-state index contributed by atoms with van der Waals surface area (Å²) in [6.45, 7) is 2.13. The van der Waals surface area contributed by atoms with Crippen molar-refractivity contribution >= 4 is 44.6 Å². The molecule has 0 aliphatic carbocycles. The standard InChI is InChI=1S/C25H21ClN2O4S/c1-2-17-6-5-7-20(14-17)28-23(29)16-33(31,32)25(28)21-8-3-4-9-22(21)27(24(25)30)15-18-10-12-19(26)13-11-18/h3-14H,2,15-16H2,1H3/t25-/m1/s1. The first-order valence-electron chi connectivity index (χ1n) is 10.6. The molecule has 2 aliphatic heterocycles. The zero-order valence-corrected chi connectivity index (χ0v) is 19.4. The predicted molar refractivity (Wildman–Crippen MR) is 128 cm³/mol. The molecule has 1 atom stereocenters. The minimum Gasteiger partial charge on any atom is -0.304 e. The zero-order chi connectivity index (χ0) is 23.4. The van der Waals surface area contributed by atoms with Gasteiger partial charge in [0, 0.05) is 16.3 Å². The minimum atomic E-state index is -4.18. The van der Waals surface area contributed by atoms with E-state index in [0.717, 1.165) is 11.1 Å². The van der Waals surface area contributed by atoms with Gasteiger partial charge in [-0.25, -0.2) is 8.42 Å². The summed E-state index contributed by atoms with van der Waals surface area (Å²) in [5.41, 5.74) is 2.92. The molecule has 33 heavy (non-hydrogen) atoms. The molecule has 0 unspecified atom stereocenters. The maximum absolute atomic E-state index is 14.1. The Balaban J connectivity index is 1.72. The lowest BCUT2D eigenvalue weighted by molar-refractivity contribution is -0.123. The molecule has 2 heterocycles. The molecule has 8 heteroatoms. The van der Waals surface area contributed by atoms with Gasteiger partial charge in [-0.05, 0) is 47.9 Å². The molecular weight excluding hydrogens is 460 g/mol. The van der Waals surface area contributed by atoms with E-state index in [1.807, 2.05) is 13.0 Å². The van der Waals surface area contributed by atoms with Crippen molar-refractivity contribution in [2.24, 2.45) is 0 Å². The quantitative estimate of drug-likeness (QED) is 0.564. The van der Waals surface area contributed by atoms with Crippen LogP contribution in [0.2, 0.25) is 5.02 Å². The maximum Gasteiger partial charge on any atom is 0.274 e. The van der Waals surface area contributed by atoms with Crippen molar-refractivity contribution in [3.05, 3.63) is 94.5 Å². The van der Waals surface area contributed by atoms with Crippen LogP contribution in [0.1, 0.15) is 23.6 Å². The molecule has 2 amide bonds. The number of aryl methyl sites for hydroxylation is 1. The second-order valence-electron chi connectivity index (χ2n) is 8.19. The lowest BCUT2D eigenvalue weighted by Gasteiger charge is -2.33. The number of anilines is 2. The van der Waals surface area contributed by atoms with E-state index in [1.165, 1.54) is 9.80 Å². The van der Waals surface area contributed by atoms with E-state index in [2.05, 4.69) is 0 Å². The van der Waals surface area contributed by atoms with Gasteiger partial charge in [0.1, 0.15) is 5.75 Å². The third kappa shape index (κ3) is 3.10. The van der Waals surface area contributed by atoms with Crippen LogP contribution >= 0.6 is 11.6 Å². The first kappa shape index (κ1) is 21.7. The zero-order valence-electron chi connectivity index (χ0n) is 17.9. The average Bonchev–Trinajstić information content (AvgIpc) is 3.18. The molecule has 2 aliphatic rings. The van der Waals surface area contributed by atoms with E-state index in [-0.39, 0.29) is 6.54 Å². The van der Waals surface area contributed by atoms with Crippen molar-refractivity contribution in [3.63, 3.8) is 0 Å². The highest BCUT2D eigenvalue weighted by Crippen LogP contribution is 2.52. The summed E-state index contributed by atoms with van der Waals surface area (Å²) in [6.07, 6.45) is 0.711. The van der Waals surface area contributed by atoms with Gasteiger partial charge < -0.3 is 4.90 Å². The third-order valence-electron chi connectivity index (χ3n) is 6.25. The highest BCUT2D eigenvalue weighted by Gasteiger charge is 2.69. The first-order valence-corrected chi connectivity index (χ1v) is 12.6. The van der Waals surface area contributed by atoms with Gasteiger partial charge in [0.05, 0.1) is 12.2 Å². The van der Waals surface area contributed by atoms with Crippen LogP contribution in [-0.4, -0.2) is 26.0 Å². The number of para-hydroxylation sites is 1. The Morgan fingerprint density at radius 3 is 2.39 bits per heavy atom. The predicted octanol–water partition coefficient (Wildman–Crippen LogP) is 4.06. The topological polar surface area (TPSA) is 74.8 Å². The summed E-state index contributed by atoms with van der Waals surface area (Å²) < 4.78 is 27.2. The summed E-state index contributed by atoms with van der Waals surface area (Å²) in [7, 11) is -4.18. The minimum absolute atomic E-state index is 0.154. The van der Waals surface area contributed by atoms with Crippen LogP contribution < -0.4 is 9.80 Å². The number of fused-ring (bicyclic) bond motifs is 2. The summed E-state index contributed by atoms with van der Waals surface area (Å²) in [6, 6.07) is 21.0. The Morgan fingerprint density at radius 2 is 1.67 bits per heavy atom. The monoisotopic (exact) mass is 480 g/mol. The van der Waals surface area contributed by atoms with Crippen molar-refractivity contribution in [2.45, 2.75) is 24.8 Å². The van der Waals surface area contributed by atoms with E-state index in [4.69, 9.17) is 11.6 Å². The summed E-state index contributed by atoms with van der Waals surface area (Å²) in [5, 5.41) is 0.564. The molecule has 168 valence electrons. The van der Waals surface area contributed by atoms with Crippen molar-refractivity contribution in [2.75, 3.05) is 15.6 Å². The molecule has 5 rings (SSSR count). The fourth-order valence-corrected chi connectivity index (χ4v) is 6.90. The number of nitrogens with zero attached hydrogens (tertiary/aromatic N) is 2. The number of carbonyl (C=O) groups excluding carboxylic acids is 2. The number of hydrogen-bond donors (Lipinski definition) is 0. The van der Waals surface area contributed by atoms with Gasteiger partial charge in [-0.2, -0.15) is 0 Å². The van der Waals surface area contributed by atoms with Gasteiger partial charge in [0.25, 0.3) is 10.8 Å². The number of sulfone groups is 1. The lowest BCUT2D eigenvalue weighted by atomic mass is 10.0. The fraction of sp³-hybridized carbons (Fsp3) is 0.200. The van der Waals surface area contributed by atoms with Crippen LogP contribution in [0, 0.1) is 0 Å². The smallest absolute Gasteiger partial charge is 0.274 e. The Bertz CT molecular complexity index is 1390. The van der Waals surface area contributed by atoms with E-state index in [9.17, 15) is 18.0 Å². The highest BCUT2D eigenvalue weighted by molar-refractivity contribution is 7.94. The number of amides is 2. The van der Waals surface area contributed by atoms with Crippen LogP contribution in [-0.2, 0) is 37.3 Å². The van der Waals surface area contributed by atoms with Crippen LogP contribution in [0.4, 0.5) is 11.4 Å². The van der Waals surface area contributed by atoms with Gasteiger partial charge in [-0.3, -0.25) is 14.5 Å². The van der Waals surface area contributed by atoms with E-state index in [1.54, 1.807) is 66.7 Å². The van der Waals surface area contributed by atoms with Crippen molar-refractivity contribution in [1.82, 2.24) is 0 Å². The van der Waals surface area contributed by atoms with Crippen molar-refractivity contribution in [3.8, 4) is 0 Å². The van der Waals surface area contributed by atoms with Gasteiger partial charge in [0.2, 0.25) is 5.91 Å². The molecule has 0 bridgehead atoms. The van der Waals surface area contributed by atoms with E-state index < -0.39 is 32.3 Å². The van der Waals surface area contributed by atoms with E-state index >= 15 is 0 Å². The summed E-state index contributed by atoms with van der Waals surface area (Å²) >= 11 is 6.00. The fourth-order valence-electron chi connectivity index (χ4n) is 4.74. The number of halogens is 1. The molecule has 1 saturated heterocycles. The van der Waals surface area contributed by atoms with Gasteiger partial charge >= 0.3 is 0 Å². The highest BCUT2D eigenvalue weighted by atomic mass is 35.5. The Kier molecular flexibility index (Phi) is 5.06. The van der Waals surface area contributed by atoms with Gasteiger partial charge in [0.15, 0.2) is 9.84 Å². The van der Waals surface area contributed by atoms with E-state index in [0.29, 0.717) is 28.4 Å². The molecule has 6 nitrogen and oxygen atoms in total. The van der Waals surface area contributed by atoms with Crippen LogP contribution in [0.3, 0.4) is 0 Å². The number of hydrogen-bond acceptors (Lipinski definition) is 4. The number of rotatable bonds is 4. The number of benzene rings is 3. The Morgan fingerprint density at radius 1 is 0.939 bits per heavy atom. The van der Waals surface area contributed by atoms with Gasteiger partial charge in [-0.15, -0.1) is 0 Å². The molecular formula is C25H21ClN2O4S. The lowest BCUT2D eigenvalue weighted by Crippen LogP contribution is -2.54. The third-order valence-corrected chi connectivity index (χ3v) is 8.61. The first-order chi connectivity index (χ1) is 15.8. The molecule has 0 N–H and O–H groups in total. The van der Waals surface area contributed by atoms with Crippen molar-refractivity contribution < 1.29 is 18.0 Å². The van der Waals surface area contributed by atoms with Crippen molar-refractivity contribution in [1.29, 1.82) is 0 Å². The second-order valence-corrected chi connectivity index (χ2v) is 10.7. The summed E-state index contributed by atoms with van der Waals surface area (Å²) in [4.78, 5) is 27.8.